The van der Waals surface area contributed by atoms with Gasteiger partial charge in [0.25, 0.3) is 5.91 Å². The van der Waals surface area contributed by atoms with Gasteiger partial charge >= 0.3 is 0 Å². The van der Waals surface area contributed by atoms with E-state index >= 15 is 0 Å². The largest absolute Gasteiger partial charge is 0.348 e. The molecule has 0 aliphatic rings. The Morgan fingerprint density at radius 3 is 2.61 bits per heavy atom. The number of rotatable bonds is 6. The number of carbonyl (C=O) groups is 1. The molecule has 0 aliphatic heterocycles. The molecule has 0 bridgehead atoms. The molecule has 1 atom stereocenters. The SMILES string of the molecule is CCCCC(CN)NC(=O)c1ccc(C)c(C)c1. The van der Waals surface area contributed by atoms with Crippen molar-refractivity contribution in [3.8, 4) is 0 Å². The molecule has 18 heavy (non-hydrogen) atoms. The summed E-state index contributed by atoms with van der Waals surface area (Å²) in [5.41, 5.74) is 8.74. The molecule has 3 heteroatoms. The normalized spacial score (nSPS) is 12.2. The van der Waals surface area contributed by atoms with Gasteiger partial charge in [-0.2, -0.15) is 0 Å². The molecule has 0 aromatic heterocycles. The van der Waals surface area contributed by atoms with E-state index in [0.717, 1.165) is 24.8 Å². The first-order valence-electron chi connectivity index (χ1n) is 6.66. The third kappa shape index (κ3) is 4.15. The zero-order chi connectivity index (χ0) is 13.5. The van der Waals surface area contributed by atoms with E-state index in [4.69, 9.17) is 5.73 Å². The Kier molecular flexibility index (Phi) is 5.86. The van der Waals surface area contributed by atoms with Crippen LogP contribution < -0.4 is 11.1 Å². The van der Waals surface area contributed by atoms with Crippen molar-refractivity contribution in [2.75, 3.05) is 6.54 Å². The first-order chi connectivity index (χ1) is 8.58. The Balaban J connectivity index is 2.65. The maximum Gasteiger partial charge on any atom is 0.251 e. The number of benzene rings is 1. The van der Waals surface area contributed by atoms with Crippen LogP contribution in [0.25, 0.3) is 0 Å². The fourth-order valence-electron chi connectivity index (χ4n) is 1.85. The Hall–Kier alpha value is -1.35. The zero-order valence-electron chi connectivity index (χ0n) is 11.6. The van der Waals surface area contributed by atoms with Gasteiger partial charge in [0, 0.05) is 18.2 Å². The van der Waals surface area contributed by atoms with Crippen molar-refractivity contribution in [2.45, 2.75) is 46.1 Å². The summed E-state index contributed by atoms with van der Waals surface area (Å²) < 4.78 is 0. The van der Waals surface area contributed by atoms with Crippen molar-refractivity contribution in [1.82, 2.24) is 5.32 Å². The molecule has 3 N–H and O–H groups in total. The second kappa shape index (κ2) is 7.17. The van der Waals surface area contributed by atoms with E-state index in [0.29, 0.717) is 12.1 Å². The van der Waals surface area contributed by atoms with E-state index in [1.807, 2.05) is 32.0 Å². The molecule has 0 saturated heterocycles. The summed E-state index contributed by atoms with van der Waals surface area (Å²) in [5.74, 6) is -0.0235. The topological polar surface area (TPSA) is 55.1 Å². The number of hydrogen-bond acceptors (Lipinski definition) is 2. The minimum Gasteiger partial charge on any atom is -0.348 e. The fraction of sp³-hybridized carbons (Fsp3) is 0.533. The molecule has 1 amide bonds. The van der Waals surface area contributed by atoms with Crippen molar-refractivity contribution in [2.24, 2.45) is 5.73 Å². The van der Waals surface area contributed by atoms with Gasteiger partial charge in [0.15, 0.2) is 0 Å². The van der Waals surface area contributed by atoms with Gasteiger partial charge in [0.2, 0.25) is 0 Å². The lowest BCUT2D eigenvalue weighted by molar-refractivity contribution is 0.0935. The smallest absolute Gasteiger partial charge is 0.251 e. The summed E-state index contributed by atoms with van der Waals surface area (Å²) in [5, 5.41) is 3.00. The summed E-state index contributed by atoms with van der Waals surface area (Å²) >= 11 is 0. The van der Waals surface area contributed by atoms with Crippen molar-refractivity contribution < 1.29 is 4.79 Å². The first-order valence-corrected chi connectivity index (χ1v) is 6.66. The maximum atomic E-state index is 12.1. The molecule has 0 spiro atoms. The van der Waals surface area contributed by atoms with Gasteiger partial charge in [-0.25, -0.2) is 0 Å². The van der Waals surface area contributed by atoms with Crippen molar-refractivity contribution in [3.63, 3.8) is 0 Å². The average molecular weight is 248 g/mol. The third-order valence-electron chi connectivity index (χ3n) is 3.29. The molecule has 0 heterocycles. The van der Waals surface area contributed by atoms with Gasteiger partial charge in [0.1, 0.15) is 0 Å². The second-order valence-electron chi connectivity index (χ2n) is 4.85. The highest BCUT2D eigenvalue weighted by Crippen LogP contribution is 2.10. The number of aryl methyl sites for hydroxylation is 2. The molecule has 3 nitrogen and oxygen atoms in total. The van der Waals surface area contributed by atoms with Crippen LogP contribution in [0.5, 0.6) is 0 Å². The van der Waals surface area contributed by atoms with Gasteiger partial charge < -0.3 is 11.1 Å². The first kappa shape index (κ1) is 14.7. The van der Waals surface area contributed by atoms with Crippen LogP contribution >= 0.6 is 0 Å². The Labute approximate surface area is 110 Å². The minimum absolute atomic E-state index is 0.0235. The van der Waals surface area contributed by atoms with Gasteiger partial charge in [-0.3, -0.25) is 4.79 Å². The average Bonchev–Trinajstić information content (AvgIpc) is 2.37. The molecule has 0 fully saturated rings. The highest BCUT2D eigenvalue weighted by Gasteiger charge is 2.12. The van der Waals surface area contributed by atoms with Crippen LogP contribution in [-0.4, -0.2) is 18.5 Å². The predicted octanol–water partition coefficient (Wildman–Crippen LogP) is 2.55. The van der Waals surface area contributed by atoms with Gasteiger partial charge in [0.05, 0.1) is 0 Å². The van der Waals surface area contributed by atoms with E-state index in [1.165, 1.54) is 5.56 Å². The molecule has 0 aliphatic carbocycles. The number of unbranched alkanes of at least 4 members (excludes halogenated alkanes) is 1. The lowest BCUT2D eigenvalue weighted by Gasteiger charge is -2.16. The van der Waals surface area contributed by atoms with Gasteiger partial charge in [-0.1, -0.05) is 25.8 Å². The van der Waals surface area contributed by atoms with Crippen molar-refractivity contribution in [3.05, 3.63) is 34.9 Å². The standard InChI is InChI=1S/C15H24N2O/c1-4-5-6-14(10-16)17-15(18)13-8-7-11(2)12(3)9-13/h7-9,14H,4-6,10,16H2,1-3H3,(H,17,18). The molecule has 1 aromatic carbocycles. The van der Waals surface area contributed by atoms with Crippen LogP contribution in [0.15, 0.2) is 18.2 Å². The van der Waals surface area contributed by atoms with E-state index in [9.17, 15) is 4.79 Å². The number of amides is 1. The maximum absolute atomic E-state index is 12.1. The number of nitrogens with one attached hydrogen (secondary N) is 1. The lowest BCUT2D eigenvalue weighted by atomic mass is 10.0. The molecule has 1 unspecified atom stereocenters. The van der Waals surface area contributed by atoms with Gasteiger partial charge in [-0.15, -0.1) is 0 Å². The Bertz CT molecular complexity index is 401. The molecular formula is C15H24N2O. The van der Waals surface area contributed by atoms with E-state index in [1.54, 1.807) is 0 Å². The quantitative estimate of drug-likeness (QED) is 0.813. The summed E-state index contributed by atoms with van der Waals surface area (Å²) in [7, 11) is 0. The summed E-state index contributed by atoms with van der Waals surface area (Å²) in [6.45, 7) is 6.69. The van der Waals surface area contributed by atoms with Gasteiger partial charge in [-0.05, 0) is 43.5 Å². The van der Waals surface area contributed by atoms with Crippen LogP contribution in [0.3, 0.4) is 0 Å². The number of nitrogens with two attached hydrogens (primary N) is 1. The monoisotopic (exact) mass is 248 g/mol. The van der Waals surface area contributed by atoms with Crippen LogP contribution in [0.1, 0.15) is 47.7 Å². The van der Waals surface area contributed by atoms with Crippen LogP contribution in [0.4, 0.5) is 0 Å². The predicted molar refractivity (Wildman–Crippen MR) is 75.7 cm³/mol. The molecule has 100 valence electrons. The molecular weight excluding hydrogens is 224 g/mol. The lowest BCUT2D eigenvalue weighted by Crippen LogP contribution is -2.40. The minimum atomic E-state index is -0.0235. The zero-order valence-corrected chi connectivity index (χ0v) is 11.6. The fourth-order valence-corrected chi connectivity index (χ4v) is 1.85. The second-order valence-corrected chi connectivity index (χ2v) is 4.85. The molecule has 0 saturated carbocycles. The van der Waals surface area contributed by atoms with Crippen LogP contribution in [-0.2, 0) is 0 Å². The highest BCUT2D eigenvalue weighted by atomic mass is 16.1. The number of carbonyl (C=O) groups excluding carboxylic acids is 1. The third-order valence-corrected chi connectivity index (χ3v) is 3.29. The summed E-state index contributed by atoms with van der Waals surface area (Å²) in [4.78, 5) is 12.1. The van der Waals surface area contributed by atoms with E-state index in [-0.39, 0.29) is 11.9 Å². The van der Waals surface area contributed by atoms with E-state index in [2.05, 4.69) is 12.2 Å². The Morgan fingerprint density at radius 2 is 2.06 bits per heavy atom. The summed E-state index contributed by atoms with van der Waals surface area (Å²) in [6, 6.07) is 5.86. The molecule has 0 radical (unpaired) electrons. The highest BCUT2D eigenvalue weighted by molar-refractivity contribution is 5.94. The van der Waals surface area contributed by atoms with Crippen molar-refractivity contribution in [1.29, 1.82) is 0 Å². The van der Waals surface area contributed by atoms with E-state index < -0.39 is 0 Å². The van der Waals surface area contributed by atoms with Crippen molar-refractivity contribution >= 4 is 5.91 Å². The number of hydrogen-bond donors (Lipinski definition) is 2. The Morgan fingerprint density at radius 1 is 1.33 bits per heavy atom. The van der Waals surface area contributed by atoms with Crippen LogP contribution in [0, 0.1) is 13.8 Å². The van der Waals surface area contributed by atoms with Crippen LogP contribution in [0.2, 0.25) is 0 Å². The molecule has 1 rings (SSSR count). The molecule has 1 aromatic rings. The summed E-state index contributed by atoms with van der Waals surface area (Å²) in [6.07, 6.45) is 3.16.